The summed E-state index contributed by atoms with van der Waals surface area (Å²) in [6, 6.07) is 8.49. The molecule has 2 rings (SSSR count). The average molecular weight is 527 g/mol. The molecule has 0 amide bonds. The van der Waals surface area contributed by atoms with Gasteiger partial charge in [-0.3, -0.25) is 9.67 Å². The van der Waals surface area contributed by atoms with Gasteiger partial charge in [-0.2, -0.15) is 5.10 Å². The molecule has 1 aromatic carbocycles. The number of guanidine groups is 1. The largest absolute Gasteiger partial charge is 0.491 e. The first-order valence-corrected chi connectivity index (χ1v) is 10.3. The molecule has 6 nitrogen and oxygen atoms in total. The predicted octanol–water partition coefficient (Wildman–Crippen LogP) is 4.13. The number of nitrogens with one attached hydrogen (secondary N) is 2. The van der Waals surface area contributed by atoms with Gasteiger partial charge in [-0.1, -0.05) is 39.0 Å². The van der Waals surface area contributed by atoms with Gasteiger partial charge in [0.15, 0.2) is 5.96 Å². The highest BCUT2D eigenvalue weighted by Gasteiger charge is 2.18. The van der Waals surface area contributed by atoms with Gasteiger partial charge in [0.05, 0.1) is 12.2 Å². The fraction of sp³-hybridized carbons (Fsp3) is 0.565. The lowest BCUT2D eigenvalue weighted by molar-refractivity contribution is 0.312. The summed E-state index contributed by atoms with van der Waals surface area (Å²) in [6.07, 6.45) is 0.904. The van der Waals surface area contributed by atoms with E-state index < -0.39 is 0 Å². The third kappa shape index (κ3) is 7.18. The van der Waals surface area contributed by atoms with Gasteiger partial charge in [0, 0.05) is 25.8 Å². The van der Waals surface area contributed by atoms with Gasteiger partial charge >= 0.3 is 0 Å². The number of ether oxygens (including phenoxy) is 1. The Hall–Kier alpha value is -1.77. The highest BCUT2D eigenvalue weighted by Crippen LogP contribution is 2.30. The first-order chi connectivity index (χ1) is 13.6. The predicted molar refractivity (Wildman–Crippen MR) is 136 cm³/mol. The van der Waals surface area contributed by atoms with Crippen LogP contribution in [0.4, 0.5) is 0 Å². The van der Waals surface area contributed by atoms with E-state index in [1.165, 1.54) is 16.8 Å². The maximum Gasteiger partial charge on any atom is 0.191 e. The minimum atomic E-state index is 0. The van der Waals surface area contributed by atoms with Crippen molar-refractivity contribution in [2.24, 2.45) is 12.0 Å². The van der Waals surface area contributed by atoms with Crippen LogP contribution in [0.3, 0.4) is 0 Å². The van der Waals surface area contributed by atoms with Gasteiger partial charge in [-0.15, -0.1) is 24.0 Å². The van der Waals surface area contributed by atoms with Crippen LogP contribution in [0.15, 0.2) is 29.3 Å². The second-order valence-corrected chi connectivity index (χ2v) is 8.62. The number of aliphatic imine (C=N–C) groups is 1. The lowest BCUT2D eigenvalue weighted by Gasteiger charge is -2.23. The zero-order chi connectivity index (χ0) is 21.6. The van der Waals surface area contributed by atoms with Gasteiger partial charge in [-0.05, 0) is 49.8 Å². The van der Waals surface area contributed by atoms with E-state index in [1.807, 2.05) is 23.9 Å². The number of aryl methyl sites for hydroxylation is 2. The molecule has 1 heterocycles. The number of halogens is 1. The third-order valence-electron chi connectivity index (χ3n) is 5.12. The third-order valence-corrected chi connectivity index (χ3v) is 5.12. The van der Waals surface area contributed by atoms with E-state index in [1.54, 1.807) is 7.05 Å². The minimum absolute atomic E-state index is 0. The molecule has 2 aromatic rings. The first-order valence-electron chi connectivity index (χ1n) is 10.3. The molecule has 0 aliphatic heterocycles. The lowest BCUT2D eigenvalue weighted by Crippen LogP contribution is -2.44. The molecule has 0 radical (unpaired) electrons. The highest BCUT2D eigenvalue weighted by molar-refractivity contribution is 14.0. The van der Waals surface area contributed by atoms with Gasteiger partial charge in [-0.25, -0.2) is 0 Å². The maximum absolute atomic E-state index is 6.04. The van der Waals surface area contributed by atoms with Gasteiger partial charge in [0.25, 0.3) is 0 Å². The molecule has 7 heteroatoms. The Balaban J connectivity index is 0.00000450. The number of hydrogen-bond donors (Lipinski definition) is 2. The Kier molecular flexibility index (Phi) is 10.1. The minimum Gasteiger partial charge on any atom is -0.491 e. The summed E-state index contributed by atoms with van der Waals surface area (Å²) in [5.74, 6) is 1.73. The van der Waals surface area contributed by atoms with Crippen molar-refractivity contribution in [2.75, 3.05) is 20.2 Å². The zero-order valence-corrected chi connectivity index (χ0v) is 22.0. The average Bonchev–Trinajstić information content (AvgIpc) is 2.89. The summed E-state index contributed by atoms with van der Waals surface area (Å²) < 4.78 is 7.98. The fourth-order valence-electron chi connectivity index (χ4n) is 3.44. The van der Waals surface area contributed by atoms with Gasteiger partial charge < -0.3 is 15.4 Å². The van der Waals surface area contributed by atoms with E-state index in [-0.39, 0.29) is 35.4 Å². The normalized spacial score (nSPS) is 12.9. The molecule has 0 aliphatic rings. The van der Waals surface area contributed by atoms with Crippen molar-refractivity contribution < 1.29 is 4.74 Å². The molecule has 0 spiro atoms. The van der Waals surface area contributed by atoms with E-state index in [9.17, 15) is 0 Å². The Labute approximate surface area is 198 Å². The molecule has 30 heavy (non-hydrogen) atoms. The van der Waals surface area contributed by atoms with Crippen molar-refractivity contribution in [1.29, 1.82) is 0 Å². The molecule has 0 bridgehead atoms. The summed E-state index contributed by atoms with van der Waals surface area (Å²) in [5.41, 5.74) is 4.88. The standard InChI is InChI=1S/C23H37N5O.HI/c1-16(15-19-17(2)27-28(8)18(19)3)26-22(24-7)25-13-14-29-21-12-10-9-11-20(21)23(4,5)6;/h9-12,16H,13-15H2,1-8H3,(H2,24,25,26);1H. The number of para-hydroxylation sites is 1. The van der Waals surface area contributed by atoms with E-state index >= 15 is 0 Å². The molecular formula is C23H38IN5O. The van der Waals surface area contributed by atoms with E-state index in [4.69, 9.17) is 4.74 Å². The Morgan fingerprint density at radius 2 is 1.90 bits per heavy atom. The van der Waals surface area contributed by atoms with Crippen LogP contribution in [-0.2, 0) is 18.9 Å². The zero-order valence-electron chi connectivity index (χ0n) is 19.7. The van der Waals surface area contributed by atoms with Crippen molar-refractivity contribution in [1.82, 2.24) is 20.4 Å². The lowest BCUT2D eigenvalue weighted by atomic mass is 9.86. The Morgan fingerprint density at radius 3 is 2.47 bits per heavy atom. The van der Waals surface area contributed by atoms with Crippen LogP contribution in [0.25, 0.3) is 0 Å². The van der Waals surface area contributed by atoms with Gasteiger partial charge in [0.1, 0.15) is 12.4 Å². The Bertz CT molecular complexity index is 839. The molecule has 1 unspecified atom stereocenters. The van der Waals surface area contributed by atoms with Crippen LogP contribution in [0.2, 0.25) is 0 Å². The molecule has 0 saturated heterocycles. The van der Waals surface area contributed by atoms with Crippen molar-refractivity contribution in [3.8, 4) is 5.75 Å². The fourth-order valence-corrected chi connectivity index (χ4v) is 3.44. The van der Waals surface area contributed by atoms with Crippen LogP contribution in [0, 0.1) is 13.8 Å². The summed E-state index contributed by atoms with van der Waals surface area (Å²) in [7, 11) is 3.78. The smallest absolute Gasteiger partial charge is 0.191 e. The van der Waals surface area contributed by atoms with Crippen LogP contribution in [-0.4, -0.2) is 42.0 Å². The monoisotopic (exact) mass is 527 g/mol. The SMILES string of the molecule is CN=C(NCCOc1ccccc1C(C)(C)C)NC(C)Cc1c(C)nn(C)c1C.I. The van der Waals surface area contributed by atoms with Crippen LogP contribution < -0.4 is 15.4 Å². The van der Waals surface area contributed by atoms with Crippen LogP contribution >= 0.6 is 24.0 Å². The summed E-state index contributed by atoms with van der Waals surface area (Å²) in [5, 5.41) is 11.3. The van der Waals surface area contributed by atoms with E-state index in [2.05, 4.69) is 74.4 Å². The van der Waals surface area contributed by atoms with E-state index in [0.717, 1.165) is 23.8 Å². The molecule has 0 saturated carbocycles. The second-order valence-electron chi connectivity index (χ2n) is 8.62. The van der Waals surface area contributed by atoms with E-state index in [0.29, 0.717) is 13.2 Å². The van der Waals surface area contributed by atoms with Crippen molar-refractivity contribution >= 4 is 29.9 Å². The number of aromatic nitrogens is 2. The van der Waals surface area contributed by atoms with Crippen LogP contribution in [0.1, 0.15) is 50.2 Å². The second kappa shape index (κ2) is 11.6. The number of nitrogens with zero attached hydrogens (tertiary/aromatic N) is 3. The molecule has 1 aromatic heterocycles. The molecule has 1 atom stereocenters. The first kappa shape index (κ1) is 26.3. The topological polar surface area (TPSA) is 63.5 Å². The Morgan fingerprint density at radius 1 is 1.23 bits per heavy atom. The summed E-state index contributed by atoms with van der Waals surface area (Å²) in [6.45, 7) is 14.2. The molecule has 0 fully saturated rings. The maximum atomic E-state index is 6.04. The van der Waals surface area contributed by atoms with Crippen molar-refractivity contribution in [3.63, 3.8) is 0 Å². The number of rotatable bonds is 7. The molecule has 2 N–H and O–H groups in total. The highest BCUT2D eigenvalue weighted by atomic mass is 127. The number of hydrogen-bond acceptors (Lipinski definition) is 3. The van der Waals surface area contributed by atoms with Gasteiger partial charge in [0.2, 0.25) is 0 Å². The van der Waals surface area contributed by atoms with Crippen molar-refractivity contribution in [2.45, 2.75) is 59.4 Å². The molecular weight excluding hydrogens is 489 g/mol. The molecule has 168 valence electrons. The van der Waals surface area contributed by atoms with Crippen LogP contribution in [0.5, 0.6) is 5.75 Å². The summed E-state index contributed by atoms with van der Waals surface area (Å²) >= 11 is 0. The summed E-state index contributed by atoms with van der Waals surface area (Å²) in [4.78, 5) is 4.34. The quantitative estimate of drug-likeness (QED) is 0.246. The van der Waals surface area contributed by atoms with Crippen molar-refractivity contribution in [3.05, 3.63) is 46.8 Å². The molecule has 0 aliphatic carbocycles. The number of benzene rings is 1.